The van der Waals surface area contributed by atoms with Gasteiger partial charge in [-0.25, -0.2) is 4.39 Å². The van der Waals surface area contributed by atoms with Gasteiger partial charge in [0.15, 0.2) is 11.6 Å². The summed E-state index contributed by atoms with van der Waals surface area (Å²) in [6.07, 6.45) is 0. The summed E-state index contributed by atoms with van der Waals surface area (Å²) in [5, 5.41) is 2.78. The number of carbonyl (C=O) groups excluding carboxylic acids is 1. The zero-order valence-electron chi connectivity index (χ0n) is 13.6. The monoisotopic (exact) mass is 316 g/mol. The van der Waals surface area contributed by atoms with Crippen molar-refractivity contribution in [2.45, 2.75) is 13.1 Å². The quantitative estimate of drug-likeness (QED) is 0.891. The highest BCUT2D eigenvalue weighted by molar-refractivity contribution is 5.94. The molecule has 0 unspecified atom stereocenters. The van der Waals surface area contributed by atoms with Crippen LogP contribution in [0, 0.1) is 5.82 Å². The van der Waals surface area contributed by atoms with E-state index in [-0.39, 0.29) is 17.2 Å². The van der Waals surface area contributed by atoms with E-state index in [0.717, 1.165) is 12.1 Å². The van der Waals surface area contributed by atoms with Crippen LogP contribution in [0.25, 0.3) is 0 Å². The lowest BCUT2D eigenvalue weighted by Crippen LogP contribution is -2.23. The Labute approximate surface area is 135 Å². The number of hydrogen-bond acceptors (Lipinski definition) is 3. The number of hydrogen-bond donors (Lipinski definition) is 1. The molecule has 0 aromatic heterocycles. The average Bonchev–Trinajstić information content (AvgIpc) is 2.53. The van der Waals surface area contributed by atoms with Gasteiger partial charge in [0.25, 0.3) is 5.91 Å². The fraction of sp³-hybridized carbons (Fsp3) is 0.278. The lowest BCUT2D eigenvalue weighted by atomic mass is 10.1. The van der Waals surface area contributed by atoms with Crippen LogP contribution in [-0.4, -0.2) is 32.0 Å². The fourth-order valence-electron chi connectivity index (χ4n) is 2.22. The van der Waals surface area contributed by atoms with E-state index < -0.39 is 5.82 Å². The van der Waals surface area contributed by atoms with Crippen molar-refractivity contribution < 1.29 is 13.9 Å². The van der Waals surface area contributed by atoms with Crippen LogP contribution < -0.4 is 10.1 Å². The molecule has 1 amide bonds. The second-order valence-electron chi connectivity index (χ2n) is 5.59. The molecule has 0 aliphatic heterocycles. The molecule has 0 fully saturated rings. The van der Waals surface area contributed by atoms with Gasteiger partial charge in [0.1, 0.15) is 0 Å². The van der Waals surface area contributed by atoms with Gasteiger partial charge < -0.3 is 15.0 Å². The third-order valence-electron chi connectivity index (χ3n) is 3.39. The molecule has 5 heteroatoms. The first-order valence-electron chi connectivity index (χ1n) is 7.34. The minimum Gasteiger partial charge on any atom is -0.494 e. The molecular weight excluding hydrogens is 295 g/mol. The normalized spacial score (nSPS) is 10.7. The summed E-state index contributed by atoms with van der Waals surface area (Å²) in [5.74, 6) is -0.741. The Morgan fingerprint density at radius 1 is 1.13 bits per heavy atom. The average molecular weight is 316 g/mol. The molecule has 4 nitrogen and oxygen atoms in total. The van der Waals surface area contributed by atoms with Crippen LogP contribution in [0.3, 0.4) is 0 Å². The van der Waals surface area contributed by atoms with Crippen LogP contribution in [0.2, 0.25) is 0 Å². The Hall–Kier alpha value is -2.40. The molecule has 0 aliphatic carbocycles. The maximum absolute atomic E-state index is 13.6. The highest BCUT2D eigenvalue weighted by atomic mass is 19.1. The zero-order chi connectivity index (χ0) is 16.8. The van der Waals surface area contributed by atoms with Crippen molar-refractivity contribution in [3.05, 3.63) is 65.0 Å². The van der Waals surface area contributed by atoms with Crippen LogP contribution in [0.4, 0.5) is 4.39 Å². The molecule has 1 N–H and O–H groups in total. The zero-order valence-corrected chi connectivity index (χ0v) is 13.6. The van der Waals surface area contributed by atoms with Crippen molar-refractivity contribution >= 4 is 5.91 Å². The van der Waals surface area contributed by atoms with Gasteiger partial charge in [-0.1, -0.05) is 24.3 Å². The molecule has 0 bridgehead atoms. The third-order valence-corrected chi connectivity index (χ3v) is 3.39. The molecule has 2 aromatic carbocycles. The molecular formula is C18H21FN2O2. The Kier molecular flexibility index (Phi) is 5.71. The predicted molar refractivity (Wildman–Crippen MR) is 88.0 cm³/mol. The topological polar surface area (TPSA) is 41.6 Å². The lowest BCUT2D eigenvalue weighted by Gasteiger charge is -2.11. The van der Waals surface area contributed by atoms with E-state index in [1.165, 1.54) is 30.9 Å². The first-order chi connectivity index (χ1) is 11.0. The number of nitrogens with zero attached hydrogens (tertiary/aromatic N) is 1. The van der Waals surface area contributed by atoms with E-state index >= 15 is 0 Å². The van der Waals surface area contributed by atoms with Crippen molar-refractivity contribution in [1.29, 1.82) is 0 Å². The highest BCUT2D eigenvalue weighted by Crippen LogP contribution is 2.17. The Morgan fingerprint density at radius 3 is 2.35 bits per heavy atom. The second kappa shape index (κ2) is 7.74. The number of halogens is 1. The van der Waals surface area contributed by atoms with Gasteiger partial charge in [0.2, 0.25) is 0 Å². The molecule has 0 radical (unpaired) electrons. The number of methoxy groups -OCH3 is 1. The lowest BCUT2D eigenvalue weighted by molar-refractivity contribution is 0.0950. The summed E-state index contributed by atoms with van der Waals surface area (Å²) in [5.41, 5.74) is 2.48. The standard InChI is InChI=1S/C18H21FN2O2/c1-21(2)12-14-6-4-13(5-7-14)11-20-18(22)15-8-9-17(23-3)16(19)10-15/h4-10H,11-12H2,1-3H3,(H,20,22). The number of ether oxygens (including phenoxy) is 1. The first kappa shape index (κ1) is 17.0. The van der Waals surface area contributed by atoms with E-state index in [1.807, 2.05) is 38.4 Å². The Balaban J connectivity index is 1.95. The van der Waals surface area contributed by atoms with Gasteiger partial charge in [-0.05, 0) is 43.4 Å². The molecule has 0 spiro atoms. The van der Waals surface area contributed by atoms with Crippen LogP contribution >= 0.6 is 0 Å². The van der Waals surface area contributed by atoms with Crippen molar-refractivity contribution in [2.24, 2.45) is 0 Å². The number of nitrogens with one attached hydrogen (secondary N) is 1. The predicted octanol–water partition coefficient (Wildman–Crippen LogP) is 2.83. The molecule has 2 aromatic rings. The summed E-state index contributed by atoms with van der Waals surface area (Å²) >= 11 is 0. The van der Waals surface area contributed by atoms with Crippen molar-refractivity contribution in [3.63, 3.8) is 0 Å². The largest absolute Gasteiger partial charge is 0.494 e. The number of benzene rings is 2. The summed E-state index contributed by atoms with van der Waals surface area (Å²) in [7, 11) is 5.42. The third kappa shape index (κ3) is 4.79. The summed E-state index contributed by atoms with van der Waals surface area (Å²) in [6, 6.07) is 12.2. The molecule has 2 rings (SSSR count). The van der Waals surface area contributed by atoms with Gasteiger partial charge >= 0.3 is 0 Å². The molecule has 0 aliphatic rings. The summed E-state index contributed by atoms with van der Waals surface area (Å²) in [6.45, 7) is 1.27. The SMILES string of the molecule is COc1ccc(C(=O)NCc2ccc(CN(C)C)cc2)cc1F. The molecule has 23 heavy (non-hydrogen) atoms. The van der Waals surface area contributed by atoms with Crippen molar-refractivity contribution in [2.75, 3.05) is 21.2 Å². The van der Waals surface area contributed by atoms with Gasteiger partial charge in [0, 0.05) is 18.7 Å². The Morgan fingerprint density at radius 2 is 1.78 bits per heavy atom. The molecule has 0 saturated heterocycles. The molecule has 0 atom stereocenters. The first-order valence-corrected chi connectivity index (χ1v) is 7.34. The van der Waals surface area contributed by atoms with Crippen LogP contribution in [0.1, 0.15) is 21.5 Å². The highest BCUT2D eigenvalue weighted by Gasteiger charge is 2.09. The number of rotatable bonds is 6. The van der Waals surface area contributed by atoms with Crippen LogP contribution in [-0.2, 0) is 13.1 Å². The van der Waals surface area contributed by atoms with E-state index in [1.54, 1.807) is 0 Å². The maximum atomic E-state index is 13.6. The van der Waals surface area contributed by atoms with Crippen molar-refractivity contribution in [1.82, 2.24) is 10.2 Å². The maximum Gasteiger partial charge on any atom is 0.251 e. The fourth-order valence-corrected chi connectivity index (χ4v) is 2.22. The smallest absolute Gasteiger partial charge is 0.251 e. The van der Waals surface area contributed by atoms with E-state index in [9.17, 15) is 9.18 Å². The van der Waals surface area contributed by atoms with Gasteiger partial charge in [-0.3, -0.25) is 4.79 Å². The minimum absolute atomic E-state index is 0.123. The second-order valence-corrected chi connectivity index (χ2v) is 5.59. The summed E-state index contributed by atoms with van der Waals surface area (Å²) in [4.78, 5) is 14.1. The van der Waals surface area contributed by atoms with E-state index in [4.69, 9.17) is 4.74 Å². The van der Waals surface area contributed by atoms with Gasteiger partial charge in [-0.15, -0.1) is 0 Å². The van der Waals surface area contributed by atoms with E-state index in [2.05, 4.69) is 10.2 Å². The molecule has 122 valence electrons. The van der Waals surface area contributed by atoms with Gasteiger partial charge in [-0.2, -0.15) is 0 Å². The number of carbonyl (C=O) groups is 1. The number of amides is 1. The van der Waals surface area contributed by atoms with E-state index in [0.29, 0.717) is 6.54 Å². The van der Waals surface area contributed by atoms with Crippen LogP contribution in [0.5, 0.6) is 5.75 Å². The minimum atomic E-state index is -0.548. The van der Waals surface area contributed by atoms with Gasteiger partial charge in [0.05, 0.1) is 7.11 Å². The molecule has 0 saturated carbocycles. The van der Waals surface area contributed by atoms with Crippen molar-refractivity contribution in [3.8, 4) is 5.75 Å². The Bertz CT molecular complexity index is 669. The van der Waals surface area contributed by atoms with Crippen LogP contribution in [0.15, 0.2) is 42.5 Å². The summed E-state index contributed by atoms with van der Waals surface area (Å²) < 4.78 is 18.5. The molecule has 0 heterocycles.